The van der Waals surface area contributed by atoms with Gasteiger partial charge in [-0.3, -0.25) is 25.1 Å². The van der Waals surface area contributed by atoms with E-state index in [-0.39, 0.29) is 0 Å². The number of pyridine rings is 1. The van der Waals surface area contributed by atoms with E-state index in [1.54, 1.807) is 42.1 Å². The predicted octanol–water partition coefficient (Wildman–Crippen LogP) is 3.73. The zero-order valence-corrected chi connectivity index (χ0v) is 17.1. The Balaban J connectivity index is 1.66. The van der Waals surface area contributed by atoms with Gasteiger partial charge in [-0.25, -0.2) is 4.98 Å². The van der Waals surface area contributed by atoms with E-state index in [1.165, 1.54) is 11.3 Å². The summed E-state index contributed by atoms with van der Waals surface area (Å²) in [6, 6.07) is 11.9. The third kappa shape index (κ3) is 3.72. The van der Waals surface area contributed by atoms with Crippen LogP contribution in [-0.4, -0.2) is 26.6 Å². The topological polar surface area (TPSA) is 88.9 Å². The molecule has 0 radical (unpaired) electrons. The highest BCUT2D eigenvalue weighted by molar-refractivity contribution is 7.13. The van der Waals surface area contributed by atoms with Gasteiger partial charge in [-0.15, -0.1) is 11.3 Å². The minimum atomic E-state index is -0.450. The smallest absolute Gasteiger partial charge is 0.267 e. The molecule has 7 nitrogen and oxygen atoms in total. The quantitative estimate of drug-likeness (QED) is 0.489. The van der Waals surface area contributed by atoms with Gasteiger partial charge in [0.1, 0.15) is 0 Å². The molecule has 0 fully saturated rings. The van der Waals surface area contributed by atoms with E-state index in [4.69, 9.17) is 11.6 Å². The van der Waals surface area contributed by atoms with Crippen LogP contribution in [0.2, 0.25) is 5.02 Å². The Bertz CT molecular complexity index is 1220. The number of aromatic nitrogens is 3. The van der Waals surface area contributed by atoms with Crippen LogP contribution in [0.4, 0.5) is 0 Å². The van der Waals surface area contributed by atoms with Gasteiger partial charge in [0.25, 0.3) is 11.8 Å². The van der Waals surface area contributed by atoms with Crippen molar-refractivity contribution in [1.29, 1.82) is 0 Å². The molecule has 0 saturated heterocycles. The van der Waals surface area contributed by atoms with Crippen LogP contribution < -0.4 is 10.9 Å². The number of hydrogen-bond donors (Lipinski definition) is 2. The number of carbonyl (C=O) groups excluding carboxylic acids is 2. The lowest BCUT2D eigenvalue weighted by atomic mass is 10.1. The molecule has 29 heavy (non-hydrogen) atoms. The highest BCUT2D eigenvalue weighted by Gasteiger charge is 2.20. The number of fused-ring (bicyclic) bond motifs is 1. The largest absolute Gasteiger partial charge is 0.270 e. The van der Waals surface area contributed by atoms with Crippen molar-refractivity contribution in [3.05, 3.63) is 69.7 Å². The molecule has 0 saturated carbocycles. The molecule has 1 aromatic carbocycles. The van der Waals surface area contributed by atoms with E-state index < -0.39 is 11.8 Å². The normalized spacial score (nSPS) is 10.9. The maximum atomic E-state index is 12.9. The first-order chi connectivity index (χ1) is 13.9. The van der Waals surface area contributed by atoms with Gasteiger partial charge < -0.3 is 0 Å². The lowest BCUT2D eigenvalue weighted by Gasteiger charge is -2.10. The molecule has 4 rings (SSSR count). The van der Waals surface area contributed by atoms with Crippen molar-refractivity contribution in [1.82, 2.24) is 25.6 Å². The Morgan fingerprint density at radius 2 is 1.83 bits per heavy atom. The number of halogens is 1. The minimum Gasteiger partial charge on any atom is -0.267 e. The Morgan fingerprint density at radius 3 is 2.52 bits per heavy atom. The van der Waals surface area contributed by atoms with Gasteiger partial charge in [0.05, 0.1) is 27.2 Å². The Kier molecular flexibility index (Phi) is 5.04. The third-order valence-electron chi connectivity index (χ3n) is 4.38. The van der Waals surface area contributed by atoms with Crippen molar-refractivity contribution >= 4 is 45.8 Å². The summed E-state index contributed by atoms with van der Waals surface area (Å²) in [6.07, 6.45) is 0. The van der Waals surface area contributed by atoms with Crippen molar-refractivity contribution in [3.8, 4) is 10.6 Å². The molecule has 0 spiro atoms. The molecule has 0 aliphatic carbocycles. The molecule has 0 aliphatic rings. The van der Waals surface area contributed by atoms with E-state index in [9.17, 15) is 9.59 Å². The second-order valence-electron chi connectivity index (χ2n) is 6.36. The van der Waals surface area contributed by atoms with Crippen LogP contribution in [-0.2, 0) is 7.05 Å². The van der Waals surface area contributed by atoms with Gasteiger partial charge in [-0.2, -0.15) is 5.10 Å². The minimum absolute atomic E-state index is 0.381. The summed E-state index contributed by atoms with van der Waals surface area (Å²) in [5.41, 5.74) is 7.64. The lowest BCUT2D eigenvalue weighted by molar-refractivity contribution is 0.0847. The number of aryl methyl sites for hydroxylation is 2. The molecule has 2 N–H and O–H groups in total. The van der Waals surface area contributed by atoms with Gasteiger partial charge in [0.2, 0.25) is 0 Å². The van der Waals surface area contributed by atoms with Crippen LogP contribution >= 0.6 is 22.9 Å². The summed E-state index contributed by atoms with van der Waals surface area (Å²) in [7, 11) is 1.78. The number of nitrogens with one attached hydrogen (secondary N) is 2. The second-order valence-corrected chi connectivity index (χ2v) is 7.74. The standard InChI is InChI=1S/C20H16ClN5O2S/c1-11-17-14(20(28)24-23-19(27)12-5-7-13(21)8-6-12)10-15(16-4-3-9-29-16)22-18(17)26(2)25-11/h3-10H,1-2H3,(H,23,27)(H,24,28). The van der Waals surface area contributed by atoms with Crippen LogP contribution in [0.1, 0.15) is 26.4 Å². The number of rotatable bonds is 3. The van der Waals surface area contributed by atoms with Crippen molar-refractivity contribution < 1.29 is 9.59 Å². The fourth-order valence-electron chi connectivity index (χ4n) is 3.03. The van der Waals surface area contributed by atoms with E-state index >= 15 is 0 Å². The van der Waals surface area contributed by atoms with Gasteiger partial charge in [0, 0.05) is 17.6 Å². The molecule has 3 aromatic heterocycles. The van der Waals surface area contributed by atoms with Crippen molar-refractivity contribution in [2.75, 3.05) is 0 Å². The average molecular weight is 426 g/mol. The highest BCUT2D eigenvalue weighted by Crippen LogP contribution is 2.29. The second kappa shape index (κ2) is 7.65. The van der Waals surface area contributed by atoms with Crippen LogP contribution in [0.3, 0.4) is 0 Å². The molecule has 146 valence electrons. The molecule has 4 aromatic rings. The summed E-state index contributed by atoms with van der Waals surface area (Å²) >= 11 is 7.37. The summed E-state index contributed by atoms with van der Waals surface area (Å²) in [4.78, 5) is 30.8. The SMILES string of the molecule is Cc1nn(C)c2nc(-c3cccs3)cc(C(=O)NNC(=O)c3ccc(Cl)cc3)c12. The molecule has 0 bridgehead atoms. The molecule has 2 amide bonds. The Hall–Kier alpha value is -3.23. The van der Waals surface area contributed by atoms with E-state index in [1.807, 2.05) is 24.4 Å². The number of thiophene rings is 1. The Labute approximate surface area is 175 Å². The summed E-state index contributed by atoms with van der Waals surface area (Å²) in [5.74, 6) is -0.893. The molecule has 3 heterocycles. The fraction of sp³-hybridized carbons (Fsp3) is 0.100. The van der Waals surface area contributed by atoms with Gasteiger partial charge in [0.15, 0.2) is 5.65 Å². The van der Waals surface area contributed by atoms with Gasteiger partial charge in [-0.05, 0) is 48.7 Å². The van der Waals surface area contributed by atoms with Crippen molar-refractivity contribution in [3.63, 3.8) is 0 Å². The van der Waals surface area contributed by atoms with E-state index in [2.05, 4.69) is 20.9 Å². The molecule has 9 heteroatoms. The van der Waals surface area contributed by atoms with Gasteiger partial charge in [-0.1, -0.05) is 17.7 Å². The fourth-order valence-corrected chi connectivity index (χ4v) is 3.84. The number of amides is 2. The number of hydrazine groups is 1. The maximum Gasteiger partial charge on any atom is 0.270 e. The van der Waals surface area contributed by atoms with Crippen molar-refractivity contribution in [2.24, 2.45) is 7.05 Å². The Morgan fingerprint density at radius 1 is 1.10 bits per heavy atom. The first-order valence-corrected chi connectivity index (χ1v) is 9.94. The number of hydrogen-bond acceptors (Lipinski definition) is 5. The molecular formula is C20H16ClN5O2S. The lowest BCUT2D eigenvalue weighted by Crippen LogP contribution is -2.41. The summed E-state index contributed by atoms with van der Waals surface area (Å²) in [5, 5.41) is 7.50. The first kappa shape index (κ1) is 19.1. The number of benzene rings is 1. The third-order valence-corrected chi connectivity index (χ3v) is 5.53. The zero-order valence-electron chi connectivity index (χ0n) is 15.6. The van der Waals surface area contributed by atoms with E-state index in [0.717, 1.165) is 4.88 Å². The van der Waals surface area contributed by atoms with Gasteiger partial charge >= 0.3 is 0 Å². The summed E-state index contributed by atoms with van der Waals surface area (Å²) in [6.45, 7) is 1.82. The van der Waals surface area contributed by atoms with Crippen LogP contribution in [0.25, 0.3) is 21.6 Å². The number of nitrogens with zero attached hydrogens (tertiary/aromatic N) is 3. The number of carbonyl (C=O) groups is 2. The first-order valence-electron chi connectivity index (χ1n) is 8.68. The van der Waals surface area contributed by atoms with Crippen molar-refractivity contribution in [2.45, 2.75) is 6.92 Å². The molecule has 0 atom stereocenters. The highest BCUT2D eigenvalue weighted by atomic mass is 35.5. The van der Waals surface area contributed by atoms with Crippen LogP contribution in [0.15, 0.2) is 47.8 Å². The molecule has 0 aliphatic heterocycles. The summed E-state index contributed by atoms with van der Waals surface area (Å²) < 4.78 is 1.64. The van der Waals surface area contributed by atoms with Crippen LogP contribution in [0.5, 0.6) is 0 Å². The average Bonchev–Trinajstić information content (AvgIpc) is 3.34. The molecule has 0 unspecified atom stereocenters. The predicted molar refractivity (Wildman–Crippen MR) is 113 cm³/mol. The monoisotopic (exact) mass is 425 g/mol. The zero-order chi connectivity index (χ0) is 20.5. The van der Waals surface area contributed by atoms with E-state index in [0.29, 0.717) is 38.6 Å². The van der Waals surface area contributed by atoms with Crippen LogP contribution in [0, 0.1) is 6.92 Å². The molecular weight excluding hydrogens is 410 g/mol. The maximum absolute atomic E-state index is 12.9.